The molecule has 0 amide bonds. The van der Waals surface area contributed by atoms with E-state index in [1.54, 1.807) is 24.4 Å². The molecule has 3 nitrogen and oxygen atoms in total. The summed E-state index contributed by atoms with van der Waals surface area (Å²) in [6.07, 6.45) is 2.58. The number of aromatic nitrogens is 1. The zero-order valence-electron chi connectivity index (χ0n) is 10.4. The molecule has 0 bridgehead atoms. The highest BCUT2D eigenvalue weighted by Crippen LogP contribution is 2.34. The normalized spacial score (nSPS) is 10.3. The molecule has 0 saturated carbocycles. The van der Waals surface area contributed by atoms with Crippen molar-refractivity contribution in [2.75, 3.05) is 6.61 Å². The van der Waals surface area contributed by atoms with Crippen LogP contribution >= 0.6 is 27.5 Å². The molecule has 2 aromatic rings. The smallest absolute Gasteiger partial charge is 0.262 e. The van der Waals surface area contributed by atoms with E-state index in [9.17, 15) is 0 Å². The number of ether oxygens (including phenoxy) is 2. The van der Waals surface area contributed by atoms with Gasteiger partial charge >= 0.3 is 0 Å². The molecule has 0 atom stereocenters. The molecule has 1 aromatic carbocycles. The third-order valence-electron chi connectivity index (χ3n) is 2.30. The molecule has 0 fully saturated rings. The Kier molecular flexibility index (Phi) is 5.05. The molecule has 0 unspecified atom stereocenters. The van der Waals surface area contributed by atoms with Crippen molar-refractivity contribution < 1.29 is 9.47 Å². The van der Waals surface area contributed by atoms with Gasteiger partial charge in [0.2, 0.25) is 0 Å². The highest BCUT2D eigenvalue weighted by molar-refractivity contribution is 9.10. The second-order valence-electron chi connectivity index (χ2n) is 3.83. The Bertz CT molecular complexity index is 563. The zero-order valence-corrected chi connectivity index (χ0v) is 12.7. The van der Waals surface area contributed by atoms with E-state index in [-0.39, 0.29) is 0 Å². The second-order valence-corrected chi connectivity index (χ2v) is 5.15. The van der Waals surface area contributed by atoms with Crippen molar-refractivity contribution in [3.63, 3.8) is 0 Å². The van der Waals surface area contributed by atoms with Gasteiger partial charge in [0.05, 0.1) is 11.6 Å². The van der Waals surface area contributed by atoms with Crippen LogP contribution in [0.1, 0.15) is 13.3 Å². The first-order valence-electron chi connectivity index (χ1n) is 5.91. The van der Waals surface area contributed by atoms with Gasteiger partial charge in [-0.15, -0.1) is 0 Å². The lowest BCUT2D eigenvalue weighted by Crippen LogP contribution is -1.98. The molecular formula is C14H13BrClNO2. The fourth-order valence-corrected chi connectivity index (χ4v) is 1.93. The maximum Gasteiger partial charge on any atom is 0.262 e. The first kappa shape index (κ1) is 14.2. The summed E-state index contributed by atoms with van der Waals surface area (Å²) < 4.78 is 12.2. The van der Waals surface area contributed by atoms with Crippen molar-refractivity contribution in [3.05, 3.63) is 46.0 Å². The second kappa shape index (κ2) is 6.78. The number of pyridine rings is 1. The Labute approximate surface area is 125 Å². The van der Waals surface area contributed by atoms with Crippen molar-refractivity contribution in [1.82, 2.24) is 4.98 Å². The topological polar surface area (TPSA) is 31.4 Å². The van der Waals surface area contributed by atoms with Crippen molar-refractivity contribution >= 4 is 27.5 Å². The highest BCUT2D eigenvalue weighted by Gasteiger charge is 2.10. The van der Waals surface area contributed by atoms with E-state index in [1.807, 2.05) is 19.1 Å². The summed E-state index contributed by atoms with van der Waals surface area (Å²) in [4.78, 5) is 4.18. The van der Waals surface area contributed by atoms with E-state index in [1.165, 1.54) is 0 Å². The predicted molar refractivity (Wildman–Crippen MR) is 79.2 cm³/mol. The summed E-state index contributed by atoms with van der Waals surface area (Å²) in [7, 11) is 0. The molecule has 0 radical (unpaired) electrons. The Morgan fingerprint density at radius 1 is 1.26 bits per heavy atom. The van der Waals surface area contributed by atoms with Gasteiger partial charge in [-0.05, 0) is 36.8 Å². The third-order valence-corrected chi connectivity index (χ3v) is 3.10. The van der Waals surface area contributed by atoms with Crippen LogP contribution in [0, 0.1) is 0 Å². The lowest BCUT2D eigenvalue weighted by atomic mass is 10.3. The number of hydrogen-bond donors (Lipinski definition) is 0. The summed E-state index contributed by atoms with van der Waals surface area (Å²) in [6, 6.07) is 9.03. The molecule has 19 heavy (non-hydrogen) atoms. The summed E-state index contributed by atoms with van der Waals surface area (Å²) in [6.45, 7) is 2.66. The number of rotatable bonds is 5. The van der Waals surface area contributed by atoms with E-state index in [4.69, 9.17) is 21.1 Å². The fourth-order valence-electron chi connectivity index (χ4n) is 1.43. The third kappa shape index (κ3) is 3.85. The first-order chi connectivity index (χ1) is 9.20. The van der Waals surface area contributed by atoms with Crippen LogP contribution in [0.15, 0.2) is 41.0 Å². The number of nitrogens with zero attached hydrogens (tertiary/aromatic N) is 1. The molecule has 0 aliphatic carbocycles. The quantitative estimate of drug-likeness (QED) is 0.759. The van der Waals surface area contributed by atoms with Crippen LogP contribution in [0.3, 0.4) is 0 Å². The van der Waals surface area contributed by atoms with Gasteiger partial charge in [0.25, 0.3) is 5.88 Å². The van der Waals surface area contributed by atoms with Crippen molar-refractivity contribution in [2.45, 2.75) is 13.3 Å². The van der Waals surface area contributed by atoms with Crippen LogP contribution in [0.25, 0.3) is 0 Å². The van der Waals surface area contributed by atoms with E-state index in [2.05, 4.69) is 20.9 Å². The highest BCUT2D eigenvalue weighted by atomic mass is 79.9. The maximum absolute atomic E-state index is 6.09. The van der Waals surface area contributed by atoms with Gasteiger partial charge in [-0.2, -0.15) is 0 Å². The van der Waals surface area contributed by atoms with Gasteiger partial charge in [-0.1, -0.05) is 34.5 Å². The average Bonchev–Trinajstić information content (AvgIpc) is 2.42. The van der Waals surface area contributed by atoms with Crippen molar-refractivity contribution in [3.8, 4) is 17.4 Å². The molecule has 0 aliphatic heterocycles. The molecule has 0 spiro atoms. The zero-order chi connectivity index (χ0) is 13.7. The molecule has 2 rings (SSSR count). The monoisotopic (exact) mass is 341 g/mol. The molecular weight excluding hydrogens is 330 g/mol. The Hall–Kier alpha value is -1.26. The molecule has 1 aromatic heterocycles. The predicted octanol–water partition coefficient (Wildman–Crippen LogP) is 5.08. The van der Waals surface area contributed by atoms with E-state index in [0.29, 0.717) is 29.0 Å². The molecule has 1 heterocycles. The number of halogens is 2. The van der Waals surface area contributed by atoms with Crippen LogP contribution in [-0.4, -0.2) is 11.6 Å². The lowest BCUT2D eigenvalue weighted by molar-refractivity contribution is 0.298. The van der Waals surface area contributed by atoms with Gasteiger partial charge in [0.1, 0.15) is 5.75 Å². The van der Waals surface area contributed by atoms with E-state index >= 15 is 0 Å². The minimum absolute atomic E-state index is 0.413. The summed E-state index contributed by atoms with van der Waals surface area (Å²) >= 11 is 9.47. The first-order valence-corrected chi connectivity index (χ1v) is 7.08. The van der Waals surface area contributed by atoms with Gasteiger partial charge in [0, 0.05) is 10.7 Å². The maximum atomic E-state index is 6.09. The molecule has 100 valence electrons. The van der Waals surface area contributed by atoms with Crippen LogP contribution in [-0.2, 0) is 0 Å². The lowest BCUT2D eigenvalue weighted by Gasteiger charge is -2.11. The van der Waals surface area contributed by atoms with Gasteiger partial charge < -0.3 is 9.47 Å². The van der Waals surface area contributed by atoms with Crippen molar-refractivity contribution in [1.29, 1.82) is 0 Å². The minimum atomic E-state index is 0.413. The Morgan fingerprint density at radius 2 is 2.11 bits per heavy atom. The van der Waals surface area contributed by atoms with E-state index < -0.39 is 0 Å². The van der Waals surface area contributed by atoms with E-state index in [0.717, 1.165) is 10.9 Å². The van der Waals surface area contributed by atoms with Gasteiger partial charge in [-0.3, -0.25) is 0 Å². The summed E-state index contributed by atoms with van der Waals surface area (Å²) in [5.41, 5.74) is 0. The molecule has 5 heteroatoms. The summed E-state index contributed by atoms with van der Waals surface area (Å²) in [5.74, 6) is 1.56. The van der Waals surface area contributed by atoms with Crippen LogP contribution < -0.4 is 9.47 Å². The number of benzene rings is 1. The van der Waals surface area contributed by atoms with Crippen molar-refractivity contribution in [2.24, 2.45) is 0 Å². The fraction of sp³-hybridized carbons (Fsp3) is 0.214. The average molecular weight is 343 g/mol. The van der Waals surface area contributed by atoms with Crippen LogP contribution in [0.5, 0.6) is 17.4 Å². The standard InChI is InChI=1S/C14H13BrClNO2/c1-2-8-18-12-4-3-7-17-14(12)19-13-9-10(15)5-6-11(13)16/h3-7,9H,2,8H2,1H3. The van der Waals surface area contributed by atoms with Crippen LogP contribution in [0.2, 0.25) is 5.02 Å². The molecule has 0 N–H and O–H groups in total. The summed E-state index contributed by atoms with van der Waals surface area (Å²) in [5, 5.41) is 0.523. The van der Waals surface area contributed by atoms with Gasteiger partial charge in [0.15, 0.2) is 5.75 Å². The largest absolute Gasteiger partial charge is 0.488 e. The number of hydrogen-bond acceptors (Lipinski definition) is 3. The Balaban J connectivity index is 2.25. The SMILES string of the molecule is CCCOc1cccnc1Oc1cc(Br)ccc1Cl. The molecule has 0 aliphatic rings. The van der Waals surface area contributed by atoms with Gasteiger partial charge in [-0.25, -0.2) is 4.98 Å². The minimum Gasteiger partial charge on any atom is -0.488 e. The molecule has 0 saturated heterocycles. The Morgan fingerprint density at radius 3 is 2.89 bits per heavy atom. The van der Waals surface area contributed by atoms with Crippen LogP contribution in [0.4, 0.5) is 0 Å².